The van der Waals surface area contributed by atoms with Gasteiger partial charge in [-0.15, -0.1) is 0 Å². The number of para-hydroxylation sites is 2. The van der Waals surface area contributed by atoms with Crippen LogP contribution in [0.2, 0.25) is 0 Å². The normalized spacial score (nSPS) is 18.0. The molecule has 0 radical (unpaired) electrons. The number of anilines is 1. The molecule has 2 amide bonds. The standard InChI is InChI=1S/C27H26N4O2/c1-17-15-21(17)27(33)28-20-12-8-11-19(16-20)26(32)30-24(18-9-4-3-5-10-18)25-29-22-13-6-7-14-23(22)31(25)2/h3-14,16-17,21,24H,15H2,1-2H3,(H,28,33)(H,30,32). The lowest BCUT2D eigenvalue weighted by Crippen LogP contribution is -2.31. The van der Waals surface area contributed by atoms with E-state index in [0.29, 0.717) is 17.2 Å². The van der Waals surface area contributed by atoms with Crippen molar-refractivity contribution in [3.05, 3.63) is 95.8 Å². The molecule has 1 fully saturated rings. The van der Waals surface area contributed by atoms with E-state index >= 15 is 0 Å². The van der Waals surface area contributed by atoms with Crippen LogP contribution in [-0.2, 0) is 11.8 Å². The maximum absolute atomic E-state index is 13.3. The molecule has 0 spiro atoms. The van der Waals surface area contributed by atoms with Crippen LogP contribution in [0.4, 0.5) is 5.69 Å². The monoisotopic (exact) mass is 438 g/mol. The molecule has 1 heterocycles. The molecule has 4 aromatic rings. The summed E-state index contributed by atoms with van der Waals surface area (Å²) < 4.78 is 2.01. The molecule has 2 N–H and O–H groups in total. The van der Waals surface area contributed by atoms with Crippen molar-refractivity contribution >= 4 is 28.5 Å². The van der Waals surface area contributed by atoms with Crippen molar-refractivity contribution in [2.45, 2.75) is 19.4 Å². The number of carbonyl (C=O) groups excluding carboxylic acids is 2. The van der Waals surface area contributed by atoms with Crippen molar-refractivity contribution in [2.75, 3.05) is 5.32 Å². The Kier molecular flexibility index (Phi) is 5.42. The molecule has 5 rings (SSSR count). The summed E-state index contributed by atoms with van der Waals surface area (Å²) in [6.45, 7) is 2.07. The van der Waals surface area contributed by atoms with Gasteiger partial charge in [0, 0.05) is 24.2 Å². The average Bonchev–Trinajstić information content (AvgIpc) is 3.49. The molecular formula is C27H26N4O2. The summed E-state index contributed by atoms with van der Waals surface area (Å²) >= 11 is 0. The van der Waals surface area contributed by atoms with Crippen LogP contribution in [-0.4, -0.2) is 21.4 Å². The first kappa shape index (κ1) is 20.9. The first-order valence-corrected chi connectivity index (χ1v) is 11.2. The van der Waals surface area contributed by atoms with Gasteiger partial charge in [-0.05, 0) is 48.2 Å². The number of aryl methyl sites for hydroxylation is 1. The number of amides is 2. The molecule has 1 aromatic heterocycles. The number of benzene rings is 3. The number of hydrogen-bond acceptors (Lipinski definition) is 3. The molecule has 3 aromatic carbocycles. The summed E-state index contributed by atoms with van der Waals surface area (Å²) in [5, 5.41) is 6.09. The zero-order valence-corrected chi connectivity index (χ0v) is 18.7. The molecule has 1 saturated carbocycles. The van der Waals surface area contributed by atoms with E-state index in [1.807, 2.05) is 72.3 Å². The van der Waals surface area contributed by atoms with Gasteiger partial charge in [-0.3, -0.25) is 9.59 Å². The lowest BCUT2D eigenvalue weighted by molar-refractivity contribution is -0.117. The Morgan fingerprint density at radius 2 is 1.73 bits per heavy atom. The van der Waals surface area contributed by atoms with Crippen LogP contribution in [0.1, 0.15) is 41.1 Å². The fraction of sp³-hybridized carbons (Fsp3) is 0.222. The second-order valence-electron chi connectivity index (χ2n) is 8.72. The highest BCUT2D eigenvalue weighted by Gasteiger charge is 2.39. The van der Waals surface area contributed by atoms with E-state index in [9.17, 15) is 9.59 Å². The third-order valence-corrected chi connectivity index (χ3v) is 6.33. The van der Waals surface area contributed by atoms with Gasteiger partial charge in [-0.1, -0.05) is 55.5 Å². The van der Waals surface area contributed by atoms with Gasteiger partial charge in [0.25, 0.3) is 5.91 Å². The Morgan fingerprint density at radius 1 is 1.00 bits per heavy atom. The van der Waals surface area contributed by atoms with Gasteiger partial charge in [0.05, 0.1) is 11.0 Å². The molecule has 3 unspecified atom stereocenters. The Morgan fingerprint density at radius 3 is 2.45 bits per heavy atom. The van der Waals surface area contributed by atoms with Crippen molar-refractivity contribution < 1.29 is 9.59 Å². The number of nitrogens with one attached hydrogen (secondary N) is 2. The Labute approximate surface area is 192 Å². The van der Waals surface area contributed by atoms with E-state index in [0.717, 1.165) is 28.8 Å². The number of aromatic nitrogens is 2. The van der Waals surface area contributed by atoms with Crippen LogP contribution in [0, 0.1) is 11.8 Å². The Bertz CT molecular complexity index is 1330. The number of carbonyl (C=O) groups is 2. The first-order chi connectivity index (χ1) is 16.0. The van der Waals surface area contributed by atoms with Crippen LogP contribution in [0.15, 0.2) is 78.9 Å². The molecule has 6 nitrogen and oxygen atoms in total. The van der Waals surface area contributed by atoms with E-state index < -0.39 is 6.04 Å². The topological polar surface area (TPSA) is 76.0 Å². The van der Waals surface area contributed by atoms with Gasteiger partial charge in [-0.2, -0.15) is 0 Å². The predicted molar refractivity (Wildman–Crippen MR) is 129 cm³/mol. The van der Waals surface area contributed by atoms with Crippen molar-refractivity contribution in [1.82, 2.24) is 14.9 Å². The molecule has 1 aliphatic carbocycles. The molecule has 166 valence electrons. The van der Waals surface area contributed by atoms with Gasteiger partial charge >= 0.3 is 0 Å². The predicted octanol–water partition coefficient (Wildman–Crippen LogP) is 4.69. The molecular weight excluding hydrogens is 412 g/mol. The van der Waals surface area contributed by atoms with E-state index in [-0.39, 0.29) is 17.7 Å². The van der Waals surface area contributed by atoms with Crippen LogP contribution in [0.25, 0.3) is 11.0 Å². The lowest BCUT2D eigenvalue weighted by atomic mass is 10.1. The van der Waals surface area contributed by atoms with Gasteiger partial charge < -0.3 is 15.2 Å². The maximum Gasteiger partial charge on any atom is 0.252 e. The maximum atomic E-state index is 13.3. The Hall–Kier alpha value is -3.93. The summed E-state index contributed by atoms with van der Waals surface area (Å²) in [4.78, 5) is 30.4. The number of imidazole rings is 1. The third-order valence-electron chi connectivity index (χ3n) is 6.33. The highest BCUT2D eigenvalue weighted by molar-refractivity contribution is 5.98. The van der Waals surface area contributed by atoms with Crippen LogP contribution >= 0.6 is 0 Å². The minimum Gasteiger partial charge on any atom is -0.338 e. The van der Waals surface area contributed by atoms with Gasteiger partial charge in [0.1, 0.15) is 11.9 Å². The van der Waals surface area contributed by atoms with Gasteiger partial charge in [-0.25, -0.2) is 4.98 Å². The minimum atomic E-state index is -0.429. The summed E-state index contributed by atoms with van der Waals surface area (Å²) in [6, 6.07) is 24.4. The van der Waals surface area contributed by atoms with Crippen molar-refractivity contribution in [3.63, 3.8) is 0 Å². The fourth-order valence-corrected chi connectivity index (χ4v) is 4.24. The highest BCUT2D eigenvalue weighted by Crippen LogP contribution is 2.38. The smallest absolute Gasteiger partial charge is 0.252 e. The average molecular weight is 439 g/mol. The Balaban J connectivity index is 1.44. The summed E-state index contributed by atoms with van der Waals surface area (Å²) in [6.07, 6.45) is 0.919. The highest BCUT2D eigenvalue weighted by atomic mass is 16.2. The second-order valence-corrected chi connectivity index (χ2v) is 8.72. The van der Waals surface area contributed by atoms with E-state index in [1.165, 1.54) is 0 Å². The quantitative estimate of drug-likeness (QED) is 0.459. The lowest BCUT2D eigenvalue weighted by Gasteiger charge is -2.19. The van der Waals surface area contributed by atoms with Gasteiger partial charge in [0.2, 0.25) is 5.91 Å². The first-order valence-electron chi connectivity index (χ1n) is 11.2. The number of hydrogen-bond donors (Lipinski definition) is 2. The number of rotatable bonds is 6. The molecule has 0 bridgehead atoms. The van der Waals surface area contributed by atoms with Gasteiger partial charge in [0.15, 0.2) is 0 Å². The van der Waals surface area contributed by atoms with Crippen molar-refractivity contribution in [2.24, 2.45) is 18.9 Å². The minimum absolute atomic E-state index is 0.0157. The number of nitrogens with zero attached hydrogens (tertiary/aromatic N) is 2. The summed E-state index contributed by atoms with van der Waals surface area (Å²) in [5.74, 6) is 1.04. The SMILES string of the molecule is CC1CC1C(=O)Nc1cccc(C(=O)NC(c2ccccc2)c2nc3ccccc3n2C)c1. The zero-order valence-electron chi connectivity index (χ0n) is 18.7. The molecule has 1 aliphatic rings. The van der Waals surface area contributed by atoms with E-state index in [2.05, 4.69) is 17.6 Å². The number of fused-ring (bicyclic) bond motifs is 1. The molecule has 0 saturated heterocycles. The van der Waals surface area contributed by atoms with Crippen molar-refractivity contribution in [3.8, 4) is 0 Å². The molecule has 6 heteroatoms. The van der Waals surface area contributed by atoms with E-state index in [1.54, 1.807) is 18.2 Å². The summed E-state index contributed by atoms with van der Waals surface area (Å²) in [7, 11) is 1.96. The fourth-order valence-electron chi connectivity index (χ4n) is 4.24. The molecule has 3 atom stereocenters. The largest absolute Gasteiger partial charge is 0.338 e. The van der Waals surface area contributed by atoms with Crippen LogP contribution < -0.4 is 10.6 Å². The second kappa shape index (κ2) is 8.54. The van der Waals surface area contributed by atoms with E-state index in [4.69, 9.17) is 4.98 Å². The molecule has 33 heavy (non-hydrogen) atoms. The summed E-state index contributed by atoms with van der Waals surface area (Å²) in [5.41, 5.74) is 3.93. The van der Waals surface area contributed by atoms with Crippen LogP contribution in [0.3, 0.4) is 0 Å². The van der Waals surface area contributed by atoms with Crippen molar-refractivity contribution in [1.29, 1.82) is 0 Å². The zero-order chi connectivity index (χ0) is 22.9. The molecule has 0 aliphatic heterocycles. The third kappa shape index (κ3) is 4.24. The van der Waals surface area contributed by atoms with Crippen LogP contribution in [0.5, 0.6) is 0 Å².